The average molecular weight is 266 g/mol. The number of aliphatic hydroxyl groups is 1. The van der Waals surface area contributed by atoms with Gasteiger partial charge in [-0.3, -0.25) is 4.79 Å². The molecule has 98 valence electrons. The van der Waals surface area contributed by atoms with Gasteiger partial charge in [0.25, 0.3) is 5.91 Å². The van der Waals surface area contributed by atoms with Crippen molar-refractivity contribution in [3.8, 4) is 11.8 Å². The molecule has 0 saturated heterocycles. The fourth-order valence-corrected chi connectivity index (χ4v) is 2.37. The van der Waals surface area contributed by atoms with Crippen LogP contribution in [0, 0.1) is 11.8 Å². The zero-order chi connectivity index (χ0) is 13.4. The molecular weight excluding hydrogens is 248 g/mol. The van der Waals surface area contributed by atoms with Crippen molar-refractivity contribution in [2.24, 2.45) is 5.73 Å². The molecule has 0 unspecified atom stereocenters. The lowest BCUT2D eigenvalue weighted by Crippen LogP contribution is -2.33. The molecule has 0 aliphatic heterocycles. The Morgan fingerprint density at radius 3 is 2.89 bits per heavy atom. The lowest BCUT2D eigenvalue weighted by molar-refractivity contribution is 0.0727. The van der Waals surface area contributed by atoms with Gasteiger partial charge < -0.3 is 15.7 Å². The number of hydrogen-bond donors (Lipinski definition) is 2. The summed E-state index contributed by atoms with van der Waals surface area (Å²) < 4.78 is 0. The zero-order valence-electron chi connectivity index (χ0n) is 10.5. The van der Waals surface area contributed by atoms with Crippen molar-refractivity contribution in [3.63, 3.8) is 0 Å². The van der Waals surface area contributed by atoms with Crippen LogP contribution in [0.3, 0.4) is 0 Å². The first kappa shape index (κ1) is 14.7. The second kappa shape index (κ2) is 7.88. The number of rotatable bonds is 5. The van der Waals surface area contributed by atoms with Crippen LogP contribution >= 0.6 is 11.3 Å². The predicted octanol–water partition coefficient (Wildman–Crippen LogP) is 0.903. The van der Waals surface area contributed by atoms with E-state index in [-0.39, 0.29) is 12.5 Å². The molecular formula is C13H18N2O2S. The van der Waals surface area contributed by atoms with Crippen LogP contribution in [-0.2, 0) is 0 Å². The number of aliphatic hydroxyl groups excluding tert-OH is 1. The Bertz CT molecular complexity index is 439. The molecule has 0 aromatic carbocycles. The van der Waals surface area contributed by atoms with E-state index < -0.39 is 0 Å². The minimum Gasteiger partial charge on any atom is -0.395 e. The van der Waals surface area contributed by atoms with E-state index >= 15 is 0 Å². The third-order valence-electron chi connectivity index (χ3n) is 2.28. The van der Waals surface area contributed by atoms with Crippen molar-refractivity contribution in [1.29, 1.82) is 0 Å². The van der Waals surface area contributed by atoms with E-state index in [1.54, 1.807) is 11.0 Å². The molecule has 3 N–H and O–H groups in total. The first-order chi connectivity index (χ1) is 8.72. The topological polar surface area (TPSA) is 66.6 Å². The van der Waals surface area contributed by atoms with Crippen LogP contribution in [-0.4, -0.2) is 42.2 Å². The van der Waals surface area contributed by atoms with Crippen LogP contribution in [0.2, 0.25) is 0 Å². The lowest BCUT2D eigenvalue weighted by Gasteiger charge is -2.19. The summed E-state index contributed by atoms with van der Waals surface area (Å²) in [5.41, 5.74) is 5.30. The van der Waals surface area contributed by atoms with Gasteiger partial charge in [-0.25, -0.2) is 0 Å². The van der Waals surface area contributed by atoms with Crippen LogP contribution in [0.5, 0.6) is 0 Å². The van der Waals surface area contributed by atoms with Crippen LogP contribution < -0.4 is 5.73 Å². The van der Waals surface area contributed by atoms with Crippen molar-refractivity contribution in [1.82, 2.24) is 4.90 Å². The monoisotopic (exact) mass is 266 g/mol. The molecule has 0 spiro atoms. The molecule has 0 radical (unpaired) electrons. The molecule has 0 bridgehead atoms. The van der Waals surface area contributed by atoms with Gasteiger partial charge in [-0.15, -0.1) is 11.3 Å². The van der Waals surface area contributed by atoms with Crippen LogP contribution in [0.25, 0.3) is 0 Å². The molecule has 1 amide bonds. The zero-order valence-corrected chi connectivity index (χ0v) is 11.3. The molecule has 0 saturated carbocycles. The maximum atomic E-state index is 12.2. The molecule has 18 heavy (non-hydrogen) atoms. The summed E-state index contributed by atoms with van der Waals surface area (Å²) in [6.45, 7) is 3.32. The van der Waals surface area contributed by atoms with Gasteiger partial charge in [0.1, 0.15) is 0 Å². The second-order valence-corrected chi connectivity index (χ2v) is 4.77. The molecule has 0 atom stereocenters. The Balaban J connectivity index is 2.78. The van der Waals surface area contributed by atoms with Gasteiger partial charge in [0.05, 0.1) is 22.9 Å². The van der Waals surface area contributed by atoms with Gasteiger partial charge in [0, 0.05) is 13.1 Å². The van der Waals surface area contributed by atoms with Gasteiger partial charge in [0.15, 0.2) is 0 Å². The number of nitrogens with two attached hydrogens (primary N) is 1. The van der Waals surface area contributed by atoms with E-state index in [1.807, 2.05) is 13.0 Å². The summed E-state index contributed by atoms with van der Waals surface area (Å²) in [4.78, 5) is 15.3. The van der Waals surface area contributed by atoms with E-state index in [4.69, 9.17) is 10.8 Å². The van der Waals surface area contributed by atoms with Crippen molar-refractivity contribution in [3.05, 3.63) is 21.9 Å². The van der Waals surface area contributed by atoms with Gasteiger partial charge in [-0.1, -0.05) is 18.8 Å². The predicted molar refractivity (Wildman–Crippen MR) is 73.5 cm³/mol. The Morgan fingerprint density at radius 2 is 2.28 bits per heavy atom. The second-order valence-electron chi connectivity index (χ2n) is 3.69. The summed E-state index contributed by atoms with van der Waals surface area (Å²) in [7, 11) is 0. The highest BCUT2D eigenvalue weighted by atomic mass is 32.1. The van der Waals surface area contributed by atoms with Crippen LogP contribution in [0.1, 0.15) is 27.9 Å². The molecule has 1 heterocycles. The third kappa shape index (κ3) is 4.15. The largest absolute Gasteiger partial charge is 0.395 e. The number of carbonyl (C=O) groups is 1. The number of amides is 1. The van der Waals surface area contributed by atoms with E-state index in [2.05, 4.69) is 11.8 Å². The van der Waals surface area contributed by atoms with E-state index in [1.165, 1.54) is 11.3 Å². The van der Waals surface area contributed by atoms with E-state index in [0.717, 1.165) is 11.3 Å². The van der Waals surface area contributed by atoms with Crippen molar-refractivity contribution in [2.75, 3.05) is 26.2 Å². The van der Waals surface area contributed by atoms with Gasteiger partial charge >= 0.3 is 0 Å². The maximum Gasteiger partial charge on any atom is 0.264 e. The first-order valence-electron chi connectivity index (χ1n) is 5.91. The van der Waals surface area contributed by atoms with E-state index in [9.17, 15) is 4.79 Å². The fraction of sp³-hybridized carbons (Fsp3) is 0.462. The first-order valence-corrected chi connectivity index (χ1v) is 6.73. The van der Waals surface area contributed by atoms with Gasteiger partial charge in [-0.05, 0) is 18.6 Å². The number of thiophene rings is 1. The standard InChI is InChI=1S/C13H18N2O2S/c1-2-8-15(9-10-16)13(17)12-6-5-11(18-12)4-3-7-14/h5-6,16H,2,7-10,14H2,1H3. The molecule has 4 nitrogen and oxygen atoms in total. The number of carbonyl (C=O) groups excluding carboxylic acids is 1. The summed E-state index contributed by atoms with van der Waals surface area (Å²) >= 11 is 1.36. The van der Waals surface area contributed by atoms with Crippen molar-refractivity contribution < 1.29 is 9.90 Å². The highest BCUT2D eigenvalue weighted by Gasteiger charge is 2.16. The van der Waals surface area contributed by atoms with Crippen molar-refractivity contribution in [2.45, 2.75) is 13.3 Å². The smallest absolute Gasteiger partial charge is 0.264 e. The molecule has 1 aromatic heterocycles. The molecule has 5 heteroatoms. The maximum absolute atomic E-state index is 12.2. The average Bonchev–Trinajstić information content (AvgIpc) is 2.84. The Hall–Kier alpha value is -1.35. The molecule has 0 aliphatic carbocycles. The minimum atomic E-state index is -0.0447. The van der Waals surface area contributed by atoms with Crippen LogP contribution in [0.4, 0.5) is 0 Å². The SMILES string of the molecule is CCCN(CCO)C(=O)c1ccc(C#CCN)s1. The fourth-order valence-electron chi connectivity index (χ4n) is 1.52. The summed E-state index contributed by atoms with van der Waals surface area (Å²) in [6.07, 6.45) is 0.872. The van der Waals surface area contributed by atoms with E-state index in [0.29, 0.717) is 24.5 Å². The Morgan fingerprint density at radius 1 is 1.50 bits per heavy atom. The molecule has 1 rings (SSSR count). The highest BCUT2D eigenvalue weighted by molar-refractivity contribution is 7.14. The van der Waals surface area contributed by atoms with Gasteiger partial charge in [-0.2, -0.15) is 0 Å². The summed E-state index contributed by atoms with van der Waals surface area (Å²) in [6, 6.07) is 3.59. The third-order valence-corrected chi connectivity index (χ3v) is 3.27. The Kier molecular flexibility index (Phi) is 6.44. The number of hydrogen-bond acceptors (Lipinski definition) is 4. The summed E-state index contributed by atoms with van der Waals surface area (Å²) in [5.74, 6) is 5.62. The quantitative estimate of drug-likeness (QED) is 0.778. The number of nitrogens with zero attached hydrogens (tertiary/aromatic N) is 1. The molecule has 0 aliphatic rings. The normalized spacial score (nSPS) is 9.72. The van der Waals surface area contributed by atoms with Gasteiger partial charge in [0.2, 0.25) is 0 Å². The molecule has 0 fully saturated rings. The Labute approximate surface area is 111 Å². The summed E-state index contributed by atoms with van der Waals surface area (Å²) in [5, 5.41) is 8.95. The highest BCUT2D eigenvalue weighted by Crippen LogP contribution is 2.17. The molecule has 1 aromatic rings. The lowest BCUT2D eigenvalue weighted by atomic mass is 10.3. The van der Waals surface area contributed by atoms with Crippen LogP contribution in [0.15, 0.2) is 12.1 Å². The van der Waals surface area contributed by atoms with Crippen molar-refractivity contribution >= 4 is 17.2 Å². The minimum absolute atomic E-state index is 0.0169.